The Bertz CT molecular complexity index is 596. The summed E-state index contributed by atoms with van der Waals surface area (Å²) in [5.41, 5.74) is 6.47. The fraction of sp³-hybridized carbons (Fsp3) is 0.0714. The number of methoxy groups -OCH3 is 1. The summed E-state index contributed by atoms with van der Waals surface area (Å²) in [5, 5.41) is 9.78. The van der Waals surface area contributed by atoms with E-state index in [0.29, 0.717) is 5.69 Å². The molecular formula is C14H13NO3S. The number of rotatable bonds is 3. The summed E-state index contributed by atoms with van der Waals surface area (Å²) in [7, 11) is 1.28. The lowest BCUT2D eigenvalue weighted by Crippen LogP contribution is -2.01. The van der Waals surface area contributed by atoms with Gasteiger partial charge in [-0.2, -0.15) is 0 Å². The van der Waals surface area contributed by atoms with Crippen molar-refractivity contribution in [1.29, 1.82) is 0 Å². The van der Waals surface area contributed by atoms with E-state index in [0.717, 1.165) is 9.79 Å². The lowest BCUT2D eigenvalue weighted by molar-refractivity contribution is 0.0597. The Hall–Kier alpha value is -2.14. The highest BCUT2D eigenvalue weighted by Crippen LogP contribution is 2.31. The maximum atomic E-state index is 11.3. The van der Waals surface area contributed by atoms with Gasteiger partial charge in [0.15, 0.2) is 0 Å². The molecule has 5 heteroatoms. The molecule has 4 nitrogen and oxygen atoms in total. The minimum Gasteiger partial charge on any atom is -0.507 e. The van der Waals surface area contributed by atoms with E-state index in [9.17, 15) is 9.90 Å². The molecule has 2 rings (SSSR count). The SMILES string of the molecule is COC(=O)c1ccc(Sc2ccc(N)cc2)cc1O. The van der Waals surface area contributed by atoms with Crippen molar-refractivity contribution in [2.24, 2.45) is 0 Å². The van der Waals surface area contributed by atoms with Crippen molar-refractivity contribution in [2.75, 3.05) is 12.8 Å². The van der Waals surface area contributed by atoms with Crippen LogP contribution in [0.25, 0.3) is 0 Å². The highest BCUT2D eigenvalue weighted by atomic mass is 32.2. The van der Waals surface area contributed by atoms with Gasteiger partial charge in [0.2, 0.25) is 0 Å². The Morgan fingerprint density at radius 2 is 1.79 bits per heavy atom. The van der Waals surface area contributed by atoms with E-state index in [1.54, 1.807) is 12.1 Å². The topological polar surface area (TPSA) is 72.5 Å². The molecule has 0 atom stereocenters. The third-order valence-electron chi connectivity index (χ3n) is 2.49. The van der Waals surface area contributed by atoms with Gasteiger partial charge in [-0.25, -0.2) is 4.79 Å². The molecule has 0 aromatic heterocycles. The van der Waals surface area contributed by atoms with Gasteiger partial charge in [-0.15, -0.1) is 0 Å². The number of phenols is 1. The zero-order valence-electron chi connectivity index (χ0n) is 10.3. The Balaban J connectivity index is 2.20. The number of hydrogen-bond acceptors (Lipinski definition) is 5. The monoisotopic (exact) mass is 275 g/mol. The Morgan fingerprint density at radius 3 is 2.37 bits per heavy atom. The zero-order valence-corrected chi connectivity index (χ0v) is 11.1. The third kappa shape index (κ3) is 3.20. The van der Waals surface area contributed by atoms with Crippen LogP contribution in [0.2, 0.25) is 0 Å². The van der Waals surface area contributed by atoms with Crippen molar-refractivity contribution in [3.63, 3.8) is 0 Å². The van der Waals surface area contributed by atoms with Crippen molar-refractivity contribution in [2.45, 2.75) is 9.79 Å². The Kier molecular flexibility index (Phi) is 3.97. The normalized spacial score (nSPS) is 10.2. The van der Waals surface area contributed by atoms with Gasteiger partial charge in [0.25, 0.3) is 0 Å². The van der Waals surface area contributed by atoms with E-state index in [4.69, 9.17) is 5.73 Å². The summed E-state index contributed by atoms with van der Waals surface area (Å²) in [4.78, 5) is 13.2. The number of esters is 1. The molecule has 0 amide bonds. The van der Waals surface area contributed by atoms with Crippen LogP contribution in [0.4, 0.5) is 5.69 Å². The lowest BCUT2D eigenvalue weighted by Gasteiger charge is -2.06. The van der Waals surface area contributed by atoms with Crippen LogP contribution < -0.4 is 5.73 Å². The average Bonchev–Trinajstić information content (AvgIpc) is 2.41. The number of aromatic hydroxyl groups is 1. The van der Waals surface area contributed by atoms with Gasteiger partial charge in [-0.3, -0.25) is 0 Å². The standard InChI is InChI=1S/C14H13NO3S/c1-18-14(17)12-7-6-11(8-13(12)16)19-10-4-2-9(15)3-5-10/h2-8,16H,15H2,1H3. The number of anilines is 1. The molecule has 0 radical (unpaired) electrons. The van der Waals surface area contributed by atoms with Gasteiger partial charge < -0.3 is 15.6 Å². The molecule has 2 aromatic carbocycles. The van der Waals surface area contributed by atoms with E-state index >= 15 is 0 Å². The lowest BCUT2D eigenvalue weighted by atomic mass is 10.2. The zero-order chi connectivity index (χ0) is 13.8. The molecule has 0 saturated heterocycles. The largest absolute Gasteiger partial charge is 0.507 e. The predicted octanol–water partition coefficient (Wildman–Crippen LogP) is 2.91. The van der Waals surface area contributed by atoms with Crippen LogP contribution in [0.1, 0.15) is 10.4 Å². The summed E-state index contributed by atoms with van der Waals surface area (Å²) in [5.74, 6) is -0.645. The minimum absolute atomic E-state index is 0.0905. The van der Waals surface area contributed by atoms with Crippen LogP contribution in [0.3, 0.4) is 0 Å². The van der Waals surface area contributed by atoms with E-state index in [2.05, 4.69) is 4.74 Å². The quantitative estimate of drug-likeness (QED) is 0.665. The van der Waals surface area contributed by atoms with Gasteiger partial charge in [-0.1, -0.05) is 11.8 Å². The minimum atomic E-state index is -0.554. The number of nitrogen functional groups attached to an aromatic ring is 1. The molecule has 0 spiro atoms. The molecule has 0 unspecified atom stereocenters. The molecule has 0 fully saturated rings. The molecule has 19 heavy (non-hydrogen) atoms. The highest BCUT2D eigenvalue weighted by molar-refractivity contribution is 7.99. The number of ether oxygens (including phenoxy) is 1. The number of benzene rings is 2. The second kappa shape index (κ2) is 5.67. The van der Waals surface area contributed by atoms with E-state index in [1.807, 2.05) is 24.3 Å². The highest BCUT2D eigenvalue weighted by Gasteiger charge is 2.11. The van der Waals surface area contributed by atoms with E-state index < -0.39 is 5.97 Å². The molecule has 0 aliphatic rings. The summed E-state index contributed by atoms with van der Waals surface area (Å²) >= 11 is 1.47. The van der Waals surface area contributed by atoms with Crippen LogP contribution in [0.15, 0.2) is 52.3 Å². The van der Waals surface area contributed by atoms with Crippen LogP contribution in [0.5, 0.6) is 5.75 Å². The first-order valence-electron chi connectivity index (χ1n) is 5.55. The van der Waals surface area contributed by atoms with Crippen molar-refractivity contribution in [3.8, 4) is 5.75 Å². The van der Waals surface area contributed by atoms with Gasteiger partial charge in [0.1, 0.15) is 11.3 Å². The maximum absolute atomic E-state index is 11.3. The fourth-order valence-corrected chi connectivity index (χ4v) is 2.38. The Morgan fingerprint density at radius 1 is 1.16 bits per heavy atom. The first-order valence-corrected chi connectivity index (χ1v) is 6.36. The average molecular weight is 275 g/mol. The molecule has 98 valence electrons. The molecule has 0 saturated carbocycles. The second-order valence-corrected chi connectivity index (χ2v) is 4.99. The molecule has 0 heterocycles. The molecule has 2 aromatic rings. The van der Waals surface area contributed by atoms with Gasteiger partial charge in [0, 0.05) is 15.5 Å². The van der Waals surface area contributed by atoms with Gasteiger partial charge in [0.05, 0.1) is 7.11 Å². The van der Waals surface area contributed by atoms with E-state index in [-0.39, 0.29) is 11.3 Å². The summed E-state index contributed by atoms with van der Waals surface area (Å²) in [6.07, 6.45) is 0. The van der Waals surface area contributed by atoms with Crippen molar-refractivity contribution >= 4 is 23.4 Å². The number of hydrogen-bond donors (Lipinski definition) is 2. The first kappa shape index (κ1) is 13.3. The molecule has 3 N–H and O–H groups in total. The summed E-state index contributed by atoms with van der Waals surface area (Å²) in [6, 6.07) is 12.2. The molecule has 0 bridgehead atoms. The van der Waals surface area contributed by atoms with Crippen LogP contribution in [-0.4, -0.2) is 18.2 Å². The first-order chi connectivity index (χ1) is 9.10. The Labute approximate surface area is 115 Å². The van der Waals surface area contributed by atoms with Crippen LogP contribution in [0, 0.1) is 0 Å². The predicted molar refractivity (Wildman–Crippen MR) is 74.4 cm³/mol. The molecule has 0 aliphatic heterocycles. The van der Waals surface area contributed by atoms with Crippen molar-refractivity contribution in [1.82, 2.24) is 0 Å². The molecule has 0 aliphatic carbocycles. The van der Waals surface area contributed by atoms with Crippen molar-refractivity contribution < 1.29 is 14.6 Å². The summed E-state index contributed by atoms with van der Waals surface area (Å²) in [6.45, 7) is 0. The maximum Gasteiger partial charge on any atom is 0.341 e. The van der Waals surface area contributed by atoms with Crippen LogP contribution in [-0.2, 0) is 4.74 Å². The fourth-order valence-electron chi connectivity index (χ4n) is 1.53. The molecular weight excluding hydrogens is 262 g/mol. The van der Waals surface area contributed by atoms with Gasteiger partial charge >= 0.3 is 5.97 Å². The van der Waals surface area contributed by atoms with Gasteiger partial charge in [-0.05, 0) is 42.5 Å². The summed E-state index contributed by atoms with van der Waals surface area (Å²) < 4.78 is 4.57. The third-order valence-corrected chi connectivity index (χ3v) is 3.49. The van der Waals surface area contributed by atoms with Crippen molar-refractivity contribution in [3.05, 3.63) is 48.0 Å². The van der Waals surface area contributed by atoms with Crippen LogP contribution >= 0.6 is 11.8 Å². The van der Waals surface area contributed by atoms with E-state index in [1.165, 1.54) is 24.9 Å². The number of carbonyl (C=O) groups excluding carboxylic acids is 1. The number of phenolic OH excluding ortho intramolecular Hbond substituents is 1. The number of nitrogens with two attached hydrogens (primary N) is 1. The number of carbonyl (C=O) groups is 1. The second-order valence-electron chi connectivity index (χ2n) is 3.84. The smallest absolute Gasteiger partial charge is 0.341 e.